The van der Waals surface area contributed by atoms with Gasteiger partial charge in [-0.2, -0.15) is 13.2 Å². The quantitative estimate of drug-likeness (QED) is 0.607. The van der Waals surface area contributed by atoms with Crippen molar-refractivity contribution >= 4 is 16.8 Å². The summed E-state index contributed by atoms with van der Waals surface area (Å²) in [7, 11) is 0. The summed E-state index contributed by atoms with van der Waals surface area (Å²) in [5.41, 5.74) is 0.974. The van der Waals surface area contributed by atoms with Crippen LogP contribution in [-0.2, 0) is 23.8 Å². The van der Waals surface area contributed by atoms with E-state index in [0.717, 1.165) is 22.4 Å². The maximum atomic E-state index is 13.3. The highest BCUT2D eigenvalue weighted by Gasteiger charge is 2.34. The van der Waals surface area contributed by atoms with Gasteiger partial charge in [-0.25, -0.2) is 14.1 Å². The number of hydrogen-bond acceptors (Lipinski definition) is 3. The average Bonchev–Trinajstić information content (AvgIpc) is 2.69. The van der Waals surface area contributed by atoms with E-state index in [2.05, 4.69) is 10.4 Å². The lowest BCUT2D eigenvalue weighted by Gasteiger charge is -2.16. The lowest BCUT2D eigenvalue weighted by atomic mass is 10.1. The van der Waals surface area contributed by atoms with Gasteiger partial charge in [-0.05, 0) is 42.7 Å². The third-order valence-corrected chi connectivity index (χ3v) is 4.54. The van der Waals surface area contributed by atoms with Crippen LogP contribution in [0.5, 0.6) is 0 Å². The Morgan fingerprint density at radius 1 is 1.10 bits per heavy atom. The van der Waals surface area contributed by atoms with Crippen molar-refractivity contribution < 1.29 is 22.4 Å². The molecule has 2 aromatic carbocycles. The van der Waals surface area contributed by atoms with Gasteiger partial charge in [0.15, 0.2) is 0 Å². The Kier molecular flexibility index (Phi) is 6.19. The van der Waals surface area contributed by atoms with Gasteiger partial charge in [0, 0.05) is 12.8 Å². The van der Waals surface area contributed by atoms with Gasteiger partial charge in [-0.3, -0.25) is 15.0 Å². The molecule has 0 saturated carbocycles. The summed E-state index contributed by atoms with van der Waals surface area (Å²) < 4.78 is 53.9. The first-order valence-electron chi connectivity index (χ1n) is 9.37. The molecule has 1 heterocycles. The van der Waals surface area contributed by atoms with Crippen molar-refractivity contribution in [3.8, 4) is 0 Å². The molecular weight excluding hydrogens is 402 g/mol. The van der Waals surface area contributed by atoms with Crippen molar-refractivity contribution in [2.75, 3.05) is 5.43 Å². The van der Waals surface area contributed by atoms with Crippen LogP contribution in [0.15, 0.2) is 47.3 Å². The van der Waals surface area contributed by atoms with E-state index in [1.165, 1.54) is 18.2 Å². The summed E-state index contributed by atoms with van der Waals surface area (Å²) in [6.45, 7) is 1.78. The van der Waals surface area contributed by atoms with Gasteiger partial charge in [0.05, 0.1) is 16.5 Å². The molecule has 0 aliphatic carbocycles. The Labute approximate surface area is 169 Å². The Balaban J connectivity index is 1.93. The molecule has 0 radical (unpaired) electrons. The molecule has 30 heavy (non-hydrogen) atoms. The van der Waals surface area contributed by atoms with Crippen LogP contribution in [0.25, 0.3) is 10.9 Å². The van der Waals surface area contributed by atoms with Gasteiger partial charge in [0.25, 0.3) is 5.56 Å². The molecule has 0 unspecified atom stereocenters. The average molecular weight is 421 g/mol. The molecule has 0 saturated heterocycles. The van der Waals surface area contributed by atoms with Crippen LogP contribution < -0.4 is 11.0 Å². The van der Waals surface area contributed by atoms with Gasteiger partial charge in [-0.15, -0.1) is 0 Å². The number of halogens is 4. The van der Waals surface area contributed by atoms with Crippen molar-refractivity contribution in [2.24, 2.45) is 0 Å². The second-order valence-electron chi connectivity index (χ2n) is 6.78. The Morgan fingerprint density at radius 3 is 2.43 bits per heavy atom. The topological polar surface area (TPSA) is 64.0 Å². The van der Waals surface area contributed by atoms with Crippen molar-refractivity contribution in [1.82, 2.24) is 9.66 Å². The number of alkyl halides is 3. The molecule has 0 aliphatic rings. The van der Waals surface area contributed by atoms with E-state index in [4.69, 9.17) is 0 Å². The fourth-order valence-electron chi connectivity index (χ4n) is 3.08. The maximum absolute atomic E-state index is 13.3. The lowest BCUT2D eigenvalue weighted by Crippen LogP contribution is -2.36. The zero-order valence-electron chi connectivity index (χ0n) is 16.1. The third kappa shape index (κ3) is 4.67. The fourth-order valence-corrected chi connectivity index (χ4v) is 3.08. The van der Waals surface area contributed by atoms with Crippen LogP contribution in [0, 0.1) is 5.82 Å². The number of para-hydroxylation sites is 1. The summed E-state index contributed by atoms with van der Waals surface area (Å²) in [4.78, 5) is 29.3. The van der Waals surface area contributed by atoms with Crippen LogP contribution in [0.2, 0.25) is 0 Å². The van der Waals surface area contributed by atoms with E-state index >= 15 is 0 Å². The van der Waals surface area contributed by atoms with Crippen LogP contribution in [0.1, 0.15) is 36.7 Å². The molecule has 158 valence electrons. The predicted octanol–water partition coefficient (Wildman–Crippen LogP) is 4.21. The molecule has 0 atom stereocenters. The second-order valence-corrected chi connectivity index (χ2v) is 6.78. The summed E-state index contributed by atoms with van der Waals surface area (Å²) in [5, 5.41) is -0.233. The second kappa shape index (κ2) is 8.64. The molecule has 3 aromatic rings. The minimum Gasteiger partial charge on any atom is -0.273 e. The van der Waals surface area contributed by atoms with Gasteiger partial charge < -0.3 is 0 Å². The number of carbonyl (C=O) groups excluding carboxylic acids is 1. The number of rotatable bonds is 6. The predicted molar refractivity (Wildman–Crippen MR) is 104 cm³/mol. The van der Waals surface area contributed by atoms with E-state index in [-0.39, 0.29) is 29.9 Å². The SMILES string of the molecule is CCCc1nc2c(C(F)(F)F)cccc2c(=O)n1NC(=O)CCc1ccc(F)cc1. The molecule has 0 aliphatic heterocycles. The number of nitrogens with one attached hydrogen (secondary N) is 1. The molecule has 1 N–H and O–H groups in total. The van der Waals surface area contributed by atoms with E-state index < -0.39 is 28.7 Å². The number of fused-ring (bicyclic) bond motifs is 1. The monoisotopic (exact) mass is 421 g/mol. The fraction of sp³-hybridized carbons (Fsp3) is 0.286. The lowest BCUT2D eigenvalue weighted by molar-refractivity contribution is -0.136. The molecule has 1 aromatic heterocycles. The maximum Gasteiger partial charge on any atom is 0.418 e. The minimum absolute atomic E-state index is 0.00423. The zero-order chi connectivity index (χ0) is 21.9. The smallest absolute Gasteiger partial charge is 0.273 e. The first kappa shape index (κ1) is 21.5. The molecular formula is C21H19F4N3O2. The Bertz CT molecular complexity index is 1120. The Morgan fingerprint density at radius 2 is 1.80 bits per heavy atom. The summed E-state index contributed by atoms with van der Waals surface area (Å²) in [5.74, 6) is -0.854. The molecule has 0 bridgehead atoms. The number of benzene rings is 2. The highest BCUT2D eigenvalue weighted by atomic mass is 19.4. The van der Waals surface area contributed by atoms with E-state index in [9.17, 15) is 27.2 Å². The number of hydrogen-bond donors (Lipinski definition) is 1. The van der Waals surface area contributed by atoms with Crippen LogP contribution in [-0.4, -0.2) is 15.6 Å². The highest BCUT2D eigenvalue weighted by molar-refractivity contribution is 5.85. The number of aromatic nitrogens is 2. The van der Waals surface area contributed by atoms with Crippen molar-refractivity contribution in [2.45, 2.75) is 38.8 Å². The van der Waals surface area contributed by atoms with Crippen molar-refractivity contribution in [1.29, 1.82) is 0 Å². The molecule has 5 nitrogen and oxygen atoms in total. The summed E-state index contributed by atoms with van der Waals surface area (Å²) in [6, 6.07) is 8.91. The molecule has 9 heteroatoms. The first-order chi connectivity index (χ1) is 14.2. The van der Waals surface area contributed by atoms with E-state index in [1.807, 2.05) is 0 Å². The number of carbonyl (C=O) groups is 1. The zero-order valence-corrected chi connectivity index (χ0v) is 16.1. The van der Waals surface area contributed by atoms with E-state index in [0.29, 0.717) is 12.8 Å². The first-order valence-corrected chi connectivity index (χ1v) is 9.37. The van der Waals surface area contributed by atoms with Gasteiger partial charge in [0.1, 0.15) is 11.6 Å². The molecule has 0 fully saturated rings. The van der Waals surface area contributed by atoms with Crippen LogP contribution in [0.4, 0.5) is 17.6 Å². The molecule has 1 amide bonds. The van der Waals surface area contributed by atoms with Crippen LogP contribution in [0.3, 0.4) is 0 Å². The third-order valence-electron chi connectivity index (χ3n) is 4.54. The molecule has 3 rings (SSSR count). The number of aryl methyl sites for hydroxylation is 2. The van der Waals surface area contributed by atoms with Gasteiger partial charge in [0.2, 0.25) is 5.91 Å². The van der Waals surface area contributed by atoms with Crippen molar-refractivity contribution in [3.05, 3.63) is 75.6 Å². The summed E-state index contributed by atoms with van der Waals surface area (Å²) >= 11 is 0. The number of nitrogens with zero attached hydrogens (tertiary/aromatic N) is 2. The normalized spacial score (nSPS) is 11.6. The van der Waals surface area contributed by atoms with Gasteiger partial charge in [-0.1, -0.05) is 25.1 Å². The standard InChI is InChI=1S/C21H19F4N3O2/c1-2-4-17-26-19-15(5-3-6-16(19)21(23,24)25)20(30)28(17)27-18(29)12-9-13-7-10-14(22)11-8-13/h3,5-8,10-11H,2,4,9,12H2,1H3,(H,27,29). The van der Waals surface area contributed by atoms with Gasteiger partial charge >= 0.3 is 6.18 Å². The number of amides is 1. The minimum atomic E-state index is -4.66. The van der Waals surface area contributed by atoms with Crippen LogP contribution >= 0.6 is 0 Å². The Hall–Kier alpha value is -3.23. The highest BCUT2D eigenvalue weighted by Crippen LogP contribution is 2.33. The van der Waals surface area contributed by atoms with Crippen molar-refractivity contribution in [3.63, 3.8) is 0 Å². The van der Waals surface area contributed by atoms with E-state index in [1.54, 1.807) is 19.1 Å². The summed E-state index contributed by atoms with van der Waals surface area (Å²) in [6.07, 6.45) is -3.63. The largest absolute Gasteiger partial charge is 0.418 e. The molecule has 0 spiro atoms.